The van der Waals surface area contributed by atoms with Crippen LogP contribution in [0, 0.1) is 21.4 Å². The Morgan fingerprint density at radius 1 is 1.24 bits per heavy atom. The number of hydrogen-bond donors (Lipinski definition) is 1. The second-order valence-corrected chi connectivity index (χ2v) is 7.42. The number of nitrogens with zero attached hydrogens (tertiary/aromatic N) is 2. The van der Waals surface area contributed by atoms with Crippen molar-refractivity contribution in [2.24, 2.45) is 11.3 Å². The fourth-order valence-corrected chi connectivity index (χ4v) is 2.98. The fraction of sp³-hybridized carbons (Fsp3) is 0.556. The summed E-state index contributed by atoms with van der Waals surface area (Å²) in [4.78, 5) is 37.0. The van der Waals surface area contributed by atoms with E-state index in [0.29, 0.717) is 31.5 Å². The Morgan fingerprint density at radius 2 is 1.84 bits per heavy atom. The van der Waals surface area contributed by atoms with Gasteiger partial charge in [-0.05, 0) is 12.8 Å². The molecule has 0 radical (unpaired) electrons. The van der Waals surface area contributed by atoms with E-state index < -0.39 is 10.3 Å². The third-order valence-electron chi connectivity index (χ3n) is 4.44. The minimum absolute atomic E-state index is 0.00777. The summed E-state index contributed by atoms with van der Waals surface area (Å²) in [6.45, 7) is 6.94. The molecule has 1 fully saturated rings. The van der Waals surface area contributed by atoms with Gasteiger partial charge < -0.3 is 10.2 Å². The van der Waals surface area contributed by atoms with Gasteiger partial charge in [0, 0.05) is 42.6 Å². The Balaban J connectivity index is 1.88. The van der Waals surface area contributed by atoms with Crippen LogP contribution in [0.1, 0.15) is 39.2 Å². The van der Waals surface area contributed by atoms with E-state index in [0.717, 1.165) is 0 Å². The Morgan fingerprint density at radius 3 is 2.40 bits per heavy atom. The summed E-state index contributed by atoms with van der Waals surface area (Å²) in [7, 11) is 0. The van der Waals surface area contributed by atoms with Crippen molar-refractivity contribution in [1.29, 1.82) is 0 Å². The summed E-state index contributed by atoms with van der Waals surface area (Å²) in [5, 5.41) is 13.8. The van der Waals surface area contributed by atoms with E-state index in [1.807, 2.05) is 25.7 Å². The van der Waals surface area contributed by atoms with Gasteiger partial charge in [0.15, 0.2) is 0 Å². The summed E-state index contributed by atoms with van der Waals surface area (Å²) < 4.78 is 0. The van der Waals surface area contributed by atoms with Gasteiger partial charge in [-0.25, -0.2) is 0 Å². The molecule has 0 unspecified atom stereocenters. The lowest BCUT2D eigenvalue weighted by molar-refractivity contribution is -0.385. The normalized spacial score (nSPS) is 15.7. The summed E-state index contributed by atoms with van der Waals surface area (Å²) in [5.41, 5.74) is 0.0797. The van der Waals surface area contributed by atoms with Crippen LogP contribution < -0.4 is 5.32 Å². The summed E-state index contributed by atoms with van der Waals surface area (Å²) in [6.07, 6.45) is 1.23. The first kappa shape index (κ1) is 18.9. The van der Waals surface area contributed by atoms with Gasteiger partial charge in [0.2, 0.25) is 11.8 Å². The molecular weight excluding hydrogens is 322 g/mol. The average molecular weight is 347 g/mol. The quantitative estimate of drug-likeness (QED) is 0.669. The van der Waals surface area contributed by atoms with Gasteiger partial charge in [-0.15, -0.1) is 0 Å². The van der Waals surface area contributed by atoms with E-state index in [9.17, 15) is 19.7 Å². The van der Waals surface area contributed by atoms with Crippen molar-refractivity contribution in [3.05, 3.63) is 39.9 Å². The number of carbonyl (C=O) groups is 2. The Labute approximate surface area is 147 Å². The molecule has 0 aromatic heterocycles. The molecule has 1 aliphatic heterocycles. The Kier molecular flexibility index (Phi) is 5.77. The first-order valence-corrected chi connectivity index (χ1v) is 8.49. The van der Waals surface area contributed by atoms with E-state index in [1.54, 1.807) is 18.2 Å². The lowest BCUT2D eigenvalue weighted by Gasteiger charge is -2.35. The molecule has 0 saturated carbocycles. The predicted octanol–water partition coefficient (Wildman–Crippen LogP) is 2.50. The molecule has 25 heavy (non-hydrogen) atoms. The molecule has 1 heterocycles. The third kappa shape index (κ3) is 4.78. The van der Waals surface area contributed by atoms with Gasteiger partial charge in [-0.2, -0.15) is 0 Å². The van der Waals surface area contributed by atoms with Crippen molar-refractivity contribution in [1.82, 2.24) is 10.2 Å². The molecule has 0 bridgehead atoms. The molecule has 7 nitrogen and oxygen atoms in total. The molecular formula is C18H25N3O4. The molecule has 1 saturated heterocycles. The second-order valence-electron chi connectivity index (χ2n) is 7.42. The first-order chi connectivity index (χ1) is 11.7. The molecule has 0 spiro atoms. The second kappa shape index (κ2) is 7.63. The van der Waals surface area contributed by atoms with E-state index in [-0.39, 0.29) is 30.0 Å². The molecule has 1 N–H and O–H groups in total. The standard InChI is InChI=1S/C18H25N3O4/c1-18(2,3)17(23)20-10-8-13(9-11-20)16(22)19-12-14-6-4-5-7-15(14)21(24)25/h4-7,13H,8-12H2,1-3H3,(H,19,22). The van der Waals surface area contributed by atoms with Crippen molar-refractivity contribution >= 4 is 17.5 Å². The number of piperidine rings is 1. The molecule has 1 aromatic rings. The van der Waals surface area contributed by atoms with E-state index in [2.05, 4.69) is 5.32 Å². The van der Waals surface area contributed by atoms with Gasteiger partial charge in [0.1, 0.15) is 0 Å². The number of nitrogens with one attached hydrogen (secondary N) is 1. The average Bonchev–Trinajstić information content (AvgIpc) is 2.58. The zero-order chi connectivity index (χ0) is 18.6. The highest BCUT2D eigenvalue weighted by molar-refractivity contribution is 5.82. The van der Waals surface area contributed by atoms with Crippen LogP contribution in [-0.2, 0) is 16.1 Å². The molecule has 2 rings (SSSR count). The highest BCUT2D eigenvalue weighted by Crippen LogP contribution is 2.24. The zero-order valence-electron chi connectivity index (χ0n) is 14.9. The van der Waals surface area contributed by atoms with Crippen molar-refractivity contribution in [3.63, 3.8) is 0 Å². The topological polar surface area (TPSA) is 92.6 Å². The number of amides is 2. The highest BCUT2D eigenvalue weighted by Gasteiger charge is 2.32. The summed E-state index contributed by atoms with van der Waals surface area (Å²) >= 11 is 0. The molecule has 1 aliphatic rings. The van der Waals surface area contributed by atoms with Crippen LogP contribution in [0.15, 0.2) is 24.3 Å². The fourth-order valence-electron chi connectivity index (χ4n) is 2.98. The van der Waals surface area contributed by atoms with Crippen molar-refractivity contribution in [3.8, 4) is 0 Å². The van der Waals surface area contributed by atoms with Gasteiger partial charge in [-0.1, -0.05) is 39.0 Å². The van der Waals surface area contributed by atoms with Crippen molar-refractivity contribution in [2.75, 3.05) is 13.1 Å². The molecule has 0 atom stereocenters. The lowest BCUT2D eigenvalue weighted by atomic mass is 9.90. The van der Waals surface area contributed by atoms with Crippen LogP contribution in [0.4, 0.5) is 5.69 Å². The summed E-state index contributed by atoms with van der Waals surface area (Å²) in [5.74, 6) is -0.168. The van der Waals surface area contributed by atoms with E-state index in [1.165, 1.54) is 6.07 Å². The number of rotatable bonds is 4. The molecule has 7 heteroatoms. The van der Waals surface area contributed by atoms with Gasteiger partial charge in [0.05, 0.1) is 4.92 Å². The number of nitro groups is 1. The van der Waals surface area contributed by atoms with Crippen LogP contribution in [0.25, 0.3) is 0 Å². The largest absolute Gasteiger partial charge is 0.352 e. The van der Waals surface area contributed by atoms with Crippen LogP contribution in [0.5, 0.6) is 0 Å². The minimum atomic E-state index is -0.446. The van der Waals surface area contributed by atoms with Crippen molar-refractivity contribution < 1.29 is 14.5 Å². The van der Waals surface area contributed by atoms with Crippen LogP contribution in [0.2, 0.25) is 0 Å². The van der Waals surface area contributed by atoms with Gasteiger partial charge in [0.25, 0.3) is 5.69 Å². The highest BCUT2D eigenvalue weighted by atomic mass is 16.6. The number of nitro benzene ring substituents is 1. The zero-order valence-corrected chi connectivity index (χ0v) is 14.9. The number of hydrogen-bond acceptors (Lipinski definition) is 4. The smallest absolute Gasteiger partial charge is 0.274 e. The maximum absolute atomic E-state index is 12.3. The summed E-state index contributed by atoms with van der Waals surface area (Å²) in [6, 6.07) is 6.39. The van der Waals surface area contributed by atoms with E-state index in [4.69, 9.17) is 0 Å². The number of benzene rings is 1. The third-order valence-corrected chi connectivity index (χ3v) is 4.44. The van der Waals surface area contributed by atoms with E-state index >= 15 is 0 Å². The monoisotopic (exact) mass is 347 g/mol. The Bertz CT molecular complexity index is 659. The molecule has 136 valence electrons. The molecule has 1 aromatic carbocycles. The van der Waals surface area contributed by atoms with Gasteiger partial charge >= 0.3 is 0 Å². The first-order valence-electron chi connectivity index (χ1n) is 8.49. The number of carbonyl (C=O) groups excluding carboxylic acids is 2. The Hall–Kier alpha value is -2.44. The number of para-hydroxylation sites is 1. The maximum Gasteiger partial charge on any atom is 0.274 e. The van der Waals surface area contributed by atoms with Crippen molar-refractivity contribution in [2.45, 2.75) is 40.2 Å². The van der Waals surface area contributed by atoms with Crippen LogP contribution in [0.3, 0.4) is 0 Å². The predicted molar refractivity (Wildman–Crippen MR) is 93.7 cm³/mol. The van der Waals surface area contributed by atoms with Gasteiger partial charge in [-0.3, -0.25) is 19.7 Å². The van der Waals surface area contributed by atoms with Crippen LogP contribution in [-0.4, -0.2) is 34.7 Å². The minimum Gasteiger partial charge on any atom is -0.352 e. The SMILES string of the molecule is CC(C)(C)C(=O)N1CCC(C(=O)NCc2ccccc2[N+](=O)[O-])CC1. The van der Waals surface area contributed by atoms with Crippen LogP contribution >= 0.6 is 0 Å². The molecule has 0 aliphatic carbocycles. The maximum atomic E-state index is 12.3. The number of likely N-dealkylation sites (tertiary alicyclic amines) is 1. The lowest BCUT2D eigenvalue weighted by Crippen LogP contribution is -2.46. The molecule has 2 amide bonds.